The molecule has 0 spiro atoms. The van der Waals surface area contributed by atoms with Gasteiger partial charge in [-0.1, -0.05) is 6.07 Å². The van der Waals surface area contributed by atoms with Gasteiger partial charge in [0.1, 0.15) is 4.21 Å². The lowest BCUT2D eigenvalue weighted by Gasteiger charge is -2.25. The maximum Gasteiger partial charge on any atom is 0.255 e. The van der Waals surface area contributed by atoms with Gasteiger partial charge in [0.25, 0.3) is 15.9 Å². The number of thiophene rings is 1. The van der Waals surface area contributed by atoms with Crippen molar-refractivity contribution in [1.82, 2.24) is 9.62 Å². The van der Waals surface area contributed by atoms with E-state index in [2.05, 4.69) is 5.32 Å². The van der Waals surface area contributed by atoms with E-state index in [1.807, 2.05) is 0 Å². The Kier molecular flexibility index (Phi) is 5.04. The number of carbonyl (C=O) groups excluding carboxylic acids is 1. The quantitative estimate of drug-likeness (QED) is 0.801. The maximum atomic E-state index is 12.7. The number of sulfonamides is 1. The molecule has 1 fully saturated rings. The number of ether oxygens (including phenoxy) is 3. The summed E-state index contributed by atoms with van der Waals surface area (Å²) in [5.41, 5.74) is 0.391. The van der Waals surface area contributed by atoms with Gasteiger partial charge in [-0.3, -0.25) is 4.79 Å². The van der Waals surface area contributed by atoms with Gasteiger partial charge in [-0.05, 0) is 24.3 Å². The first-order valence-corrected chi connectivity index (χ1v) is 10.6. The summed E-state index contributed by atoms with van der Waals surface area (Å²) in [6.45, 7) is 1.84. The highest BCUT2D eigenvalue weighted by Gasteiger charge is 2.28. The summed E-state index contributed by atoms with van der Waals surface area (Å²) in [7, 11) is -3.52. The number of nitrogens with zero attached hydrogens (tertiary/aromatic N) is 1. The predicted octanol–water partition coefficient (Wildman–Crippen LogP) is 1.43. The second kappa shape index (κ2) is 7.47. The number of hydrogen-bond acceptors (Lipinski definition) is 7. The van der Waals surface area contributed by atoms with Gasteiger partial charge in [0.2, 0.25) is 6.79 Å². The molecule has 2 aliphatic heterocycles. The van der Waals surface area contributed by atoms with Gasteiger partial charge in [0.15, 0.2) is 11.5 Å². The fourth-order valence-electron chi connectivity index (χ4n) is 2.88. The molecule has 0 atom stereocenters. The van der Waals surface area contributed by atoms with Crippen molar-refractivity contribution in [2.75, 3.05) is 33.1 Å². The second-order valence-electron chi connectivity index (χ2n) is 5.96. The molecule has 4 rings (SSSR count). The molecule has 1 N–H and O–H groups in total. The van der Waals surface area contributed by atoms with Crippen LogP contribution in [0.25, 0.3) is 0 Å². The number of rotatable bonds is 5. The fraction of sp³-hybridized carbons (Fsp3) is 0.353. The molecule has 27 heavy (non-hydrogen) atoms. The van der Waals surface area contributed by atoms with E-state index in [1.54, 1.807) is 30.3 Å². The SMILES string of the molecule is O=C(NCc1ccc(S(=O)(=O)N2CCOCC2)s1)c1cccc2c1OCO2. The zero-order valence-corrected chi connectivity index (χ0v) is 16.0. The van der Waals surface area contributed by atoms with E-state index in [1.165, 1.54) is 4.31 Å². The van der Waals surface area contributed by atoms with Crippen molar-refractivity contribution in [3.05, 3.63) is 40.8 Å². The molecule has 1 saturated heterocycles. The average Bonchev–Trinajstić information content (AvgIpc) is 3.36. The van der Waals surface area contributed by atoms with E-state index in [0.29, 0.717) is 43.4 Å². The van der Waals surface area contributed by atoms with Crippen molar-refractivity contribution < 1.29 is 27.4 Å². The lowest BCUT2D eigenvalue weighted by atomic mass is 10.1. The van der Waals surface area contributed by atoms with Gasteiger partial charge in [-0.2, -0.15) is 4.31 Å². The monoisotopic (exact) mass is 410 g/mol. The van der Waals surface area contributed by atoms with E-state index in [9.17, 15) is 13.2 Å². The molecule has 0 unspecified atom stereocenters. The summed E-state index contributed by atoms with van der Waals surface area (Å²) < 4.78 is 42.8. The van der Waals surface area contributed by atoms with Crippen molar-refractivity contribution in [2.24, 2.45) is 0 Å². The van der Waals surface area contributed by atoms with Crippen LogP contribution < -0.4 is 14.8 Å². The third-order valence-electron chi connectivity index (χ3n) is 4.27. The number of hydrogen-bond donors (Lipinski definition) is 1. The van der Waals surface area contributed by atoms with Crippen LogP contribution >= 0.6 is 11.3 Å². The first-order chi connectivity index (χ1) is 13.1. The molecule has 0 aliphatic carbocycles. The third kappa shape index (κ3) is 3.65. The number of fused-ring (bicyclic) bond motifs is 1. The minimum absolute atomic E-state index is 0.0906. The fourth-order valence-corrected chi connectivity index (χ4v) is 5.74. The summed E-state index contributed by atoms with van der Waals surface area (Å²) in [5, 5.41) is 2.80. The second-order valence-corrected chi connectivity index (χ2v) is 9.29. The minimum Gasteiger partial charge on any atom is -0.454 e. The zero-order valence-electron chi connectivity index (χ0n) is 14.3. The number of nitrogens with one attached hydrogen (secondary N) is 1. The van der Waals surface area contributed by atoms with Crippen LogP contribution in [0.4, 0.5) is 0 Å². The molecule has 3 heterocycles. The molecule has 0 saturated carbocycles. The normalized spacial score (nSPS) is 17.0. The van der Waals surface area contributed by atoms with Crippen LogP contribution in [-0.4, -0.2) is 51.7 Å². The lowest BCUT2D eigenvalue weighted by Crippen LogP contribution is -2.40. The van der Waals surface area contributed by atoms with Gasteiger partial charge >= 0.3 is 0 Å². The first kappa shape index (κ1) is 18.2. The molecule has 2 aromatic rings. The van der Waals surface area contributed by atoms with Crippen molar-refractivity contribution >= 4 is 27.3 Å². The molecule has 1 aromatic carbocycles. The number of para-hydroxylation sites is 1. The highest BCUT2D eigenvalue weighted by molar-refractivity contribution is 7.91. The summed E-state index contributed by atoms with van der Waals surface area (Å²) >= 11 is 1.15. The molecule has 144 valence electrons. The van der Waals surface area contributed by atoms with E-state index in [-0.39, 0.29) is 23.5 Å². The van der Waals surface area contributed by atoms with Crippen LogP contribution in [0.5, 0.6) is 11.5 Å². The Morgan fingerprint density at radius 1 is 1.15 bits per heavy atom. The van der Waals surface area contributed by atoms with E-state index >= 15 is 0 Å². The molecule has 2 aliphatic rings. The molecular weight excluding hydrogens is 392 g/mol. The van der Waals surface area contributed by atoms with Crippen LogP contribution in [0, 0.1) is 0 Å². The van der Waals surface area contributed by atoms with Crippen molar-refractivity contribution in [1.29, 1.82) is 0 Å². The van der Waals surface area contributed by atoms with Crippen LogP contribution in [-0.2, 0) is 21.3 Å². The highest BCUT2D eigenvalue weighted by Crippen LogP contribution is 2.35. The van der Waals surface area contributed by atoms with Gasteiger partial charge in [0, 0.05) is 18.0 Å². The van der Waals surface area contributed by atoms with Gasteiger partial charge < -0.3 is 19.5 Å². The summed E-state index contributed by atoms with van der Waals surface area (Å²) in [6, 6.07) is 8.41. The molecule has 8 nitrogen and oxygen atoms in total. The van der Waals surface area contributed by atoms with Gasteiger partial charge in [-0.25, -0.2) is 8.42 Å². The smallest absolute Gasteiger partial charge is 0.255 e. The summed E-state index contributed by atoms with van der Waals surface area (Å²) in [4.78, 5) is 13.2. The molecular formula is C17H18N2O6S2. The standard InChI is InChI=1S/C17H18N2O6S2/c20-17(13-2-1-3-14-16(13)25-11-24-14)18-10-12-4-5-15(26-12)27(21,22)19-6-8-23-9-7-19/h1-5H,6-11H2,(H,18,20). The number of morpholine rings is 1. The Hall–Kier alpha value is -2.14. The van der Waals surface area contributed by atoms with Crippen molar-refractivity contribution in [3.8, 4) is 11.5 Å². The van der Waals surface area contributed by atoms with Crippen LogP contribution in [0.2, 0.25) is 0 Å². The molecule has 10 heteroatoms. The van der Waals surface area contributed by atoms with Crippen LogP contribution in [0.3, 0.4) is 0 Å². The van der Waals surface area contributed by atoms with E-state index in [0.717, 1.165) is 16.2 Å². The van der Waals surface area contributed by atoms with Gasteiger partial charge in [0.05, 0.1) is 25.3 Å². The zero-order chi connectivity index (χ0) is 18.9. The molecule has 0 radical (unpaired) electrons. The lowest BCUT2D eigenvalue weighted by molar-refractivity contribution is 0.0731. The topological polar surface area (TPSA) is 94.2 Å². The summed E-state index contributed by atoms with van der Waals surface area (Å²) in [6.07, 6.45) is 0. The van der Waals surface area contributed by atoms with Crippen molar-refractivity contribution in [2.45, 2.75) is 10.8 Å². The Morgan fingerprint density at radius 3 is 2.78 bits per heavy atom. The highest BCUT2D eigenvalue weighted by atomic mass is 32.2. The van der Waals surface area contributed by atoms with Crippen molar-refractivity contribution in [3.63, 3.8) is 0 Å². The largest absolute Gasteiger partial charge is 0.454 e. The number of carbonyl (C=O) groups is 1. The average molecular weight is 410 g/mol. The summed E-state index contributed by atoms with van der Waals surface area (Å²) in [5.74, 6) is 0.665. The Bertz CT molecular complexity index is 950. The maximum absolute atomic E-state index is 12.7. The van der Waals surface area contributed by atoms with E-state index in [4.69, 9.17) is 14.2 Å². The molecule has 1 aromatic heterocycles. The predicted molar refractivity (Wildman–Crippen MR) is 97.6 cm³/mol. The third-order valence-corrected chi connectivity index (χ3v) is 7.72. The first-order valence-electron chi connectivity index (χ1n) is 8.39. The minimum atomic E-state index is -3.52. The number of benzene rings is 1. The molecule has 1 amide bonds. The Balaban J connectivity index is 1.43. The van der Waals surface area contributed by atoms with Gasteiger partial charge in [-0.15, -0.1) is 11.3 Å². The Morgan fingerprint density at radius 2 is 1.96 bits per heavy atom. The van der Waals surface area contributed by atoms with Crippen LogP contribution in [0.15, 0.2) is 34.5 Å². The van der Waals surface area contributed by atoms with E-state index < -0.39 is 10.0 Å². The molecule has 0 bridgehead atoms. The number of amides is 1. The van der Waals surface area contributed by atoms with Crippen LogP contribution in [0.1, 0.15) is 15.2 Å². The Labute approximate surface area is 160 Å².